The molecule has 0 radical (unpaired) electrons. The van der Waals surface area contributed by atoms with Crippen LogP contribution in [0.3, 0.4) is 0 Å². The second-order valence-electron chi connectivity index (χ2n) is 6.91. The number of carbonyl (C=O) groups is 1. The van der Waals surface area contributed by atoms with Crippen LogP contribution in [0.25, 0.3) is 10.9 Å². The molecular formula is C17H23ClN2O2. The van der Waals surface area contributed by atoms with E-state index in [9.17, 15) is 4.79 Å². The minimum Gasteiger partial charge on any atom is -0.455 e. The Hall–Kier alpha value is -1.55. The summed E-state index contributed by atoms with van der Waals surface area (Å²) in [6.45, 7) is 11.7. The SMILES string of the molecule is Cc1c(C(=O)OC(C)(C)C)n(C)c2cc(Cl)nc(C(C)C)c12. The molecule has 2 rings (SSSR count). The van der Waals surface area contributed by atoms with Gasteiger partial charge in [0, 0.05) is 12.4 Å². The topological polar surface area (TPSA) is 44.1 Å². The molecule has 2 aromatic heterocycles. The normalized spacial score (nSPS) is 12.2. The third kappa shape index (κ3) is 2.98. The van der Waals surface area contributed by atoms with Crippen LogP contribution in [0.2, 0.25) is 5.15 Å². The lowest BCUT2D eigenvalue weighted by Gasteiger charge is -2.20. The lowest BCUT2D eigenvalue weighted by Crippen LogP contribution is -2.25. The molecule has 120 valence electrons. The zero-order valence-corrected chi connectivity index (χ0v) is 15.0. The smallest absolute Gasteiger partial charge is 0.355 e. The molecule has 0 saturated carbocycles. The van der Waals surface area contributed by atoms with E-state index in [1.54, 1.807) is 6.07 Å². The van der Waals surface area contributed by atoms with Crippen LogP contribution in [0.15, 0.2) is 6.07 Å². The minimum atomic E-state index is -0.531. The van der Waals surface area contributed by atoms with Gasteiger partial charge in [-0.2, -0.15) is 0 Å². The van der Waals surface area contributed by atoms with Gasteiger partial charge in [0.15, 0.2) is 0 Å². The van der Waals surface area contributed by atoms with Gasteiger partial charge in [-0.25, -0.2) is 9.78 Å². The van der Waals surface area contributed by atoms with Crippen molar-refractivity contribution in [3.63, 3.8) is 0 Å². The predicted molar refractivity (Wildman–Crippen MR) is 89.7 cm³/mol. The quantitative estimate of drug-likeness (QED) is 0.599. The lowest BCUT2D eigenvalue weighted by molar-refractivity contribution is 0.00587. The number of aryl methyl sites for hydroxylation is 2. The average Bonchev–Trinajstić information content (AvgIpc) is 2.58. The molecule has 2 aromatic rings. The Bertz CT molecular complexity index is 739. The molecule has 0 aliphatic heterocycles. The van der Waals surface area contributed by atoms with Gasteiger partial charge in [0.2, 0.25) is 0 Å². The van der Waals surface area contributed by atoms with Crippen LogP contribution in [0.5, 0.6) is 0 Å². The summed E-state index contributed by atoms with van der Waals surface area (Å²) in [5.41, 5.74) is 2.72. The molecule has 0 aromatic carbocycles. The van der Waals surface area contributed by atoms with Crippen molar-refractivity contribution in [3.05, 3.63) is 28.2 Å². The van der Waals surface area contributed by atoms with Gasteiger partial charge in [-0.05, 0) is 45.2 Å². The van der Waals surface area contributed by atoms with Gasteiger partial charge in [-0.15, -0.1) is 0 Å². The number of nitrogens with zero attached hydrogens (tertiary/aromatic N) is 2. The molecule has 0 aliphatic carbocycles. The number of carbonyl (C=O) groups excluding carboxylic acids is 1. The third-order valence-electron chi connectivity index (χ3n) is 3.56. The van der Waals surface area contributed by atoms with Crippen molar-refractivity contribution in [1.29, 1.82) is 0 Å². The molecule has 0 aliphatic rings. The van der Waals surface area contributed by atoms with Crippen LogP contribution >= 0.6 is 11.6 Å². The first-order valence-corrected chi connectivity index (χ1v) is 7.79. The maximum absolute atomic E-state index is 12.5. The van der Waals surface area contributed by atoms with E-state index in [-0.39, 0.29) is 11.9 Å². The van der Waals surface area contributed by atoms with Crippen LogP contribution in [0.4, 0.5) is 0 Å². The molecule has 0 bridgehead atoms. The largest absolute Gasteiger partial charge is 0.455 e. The van der Waals surface area contributed by atoms with E-state index in [4.69, 9.17) is 16.3 Å². The van der Waals surface area contributed by atoms with E-state index in [1.807, 2.05) is 39.3 Å². The van der Waals surface area contributed by atoms with Crippen molar-refractivity contribution in [2.45, 2.75) is 53.1 Å². The monoisotopic (exact) mass is 322 g/mol. The van der Waals surface area contributed by atoms with E-state index in [0.717, 1.165) is 22.2 Å². The minimum absolute atomic E-state index is 0.216. The highest BCUT2D eigenvalue weighted by molar-refractivity contribution is 6.30. The van der Waals surface area contributed by atoms with Gasteiger partial charge in [-0.1, -0.05) is 25.4 Å². The van der Waals surface area contributed by atoms with Crippen molar-refractivity contribution < 1.29 is 9.53 Å². The molecule has 0 saturated heterocycles. The number of pyridine rings is 1. The Labute approximate surface area is 136 Å². The summed E-state index contributed by atoms with van der Waals surface area (Å²) in [6, 6.07) is 1.80. The van der Waals surface area contributed by atoms with Gasteiger partial charge >= 0.3 is 5.97 Å². The summed E-state index contributed by atoms with van der Waals surface area (Å²) in [5, 5.41) is 1.43. The molecule has 0 fully saturated rings. The molecule has 0 atom stereocenters. The Morgan fingerprint density at radius 3 is 2.45 bits per heavy atom. The maximum Gasteiger partial charge on any atom is 0.355 e. The second kappa shape index (κ2) is 5.58. The van der Waals surface area contributed by atoms with Gasteiger partial charge < -0.3 is 9.30 Å². The van der Waals surface area contributed by atoms with Gasteiger partial charge in [0.05, 0.1) is 11.2 Å². The van der Waals surface area contributed by atoms with Crippen LogP contribution in [-0.4, -0.2) is 21.1 Å². The third-order valence-corrected chi connectivity index (χ3v) is 3.76. The first kappa shape index (κ1) is 16.8. The summed E-state index contributed by atoms with van der Waals surface area (Å²) in [7, 11) is 1.86. The summed E-state index contributed by atoms with van der Waals surface area (Å²) < 4.78 is 7.38. The standard InChI is InChI=1S/C17H23ClN2O2/c1-9(2)14-13-10(3)15(16(21)22-17(4,5)6)20(7)11(13)8-12(18)19-14/h8-9H,1-7H3. The first-order valence-electron chi connectivity index (χ1n) is 7.41. The molecule has 2 heterocycles. The van der Waals surface area contributed by atoms with E-state index in [1.165, 1.54) is 0 Å². The molecule has 0 unspecified atom stereocenters. The van der Waals surface area contributed by atoms with Crippen LogP contribution < -0.4 is 0 Å². The van der Waals surface area contributed by atoms with Crippen molar-refractivity contribution in [2.24, 2.45) is 7.05 Å². The molecule has 4 nitrogen and oxygen atoms in total. The molecule has 22 heavy (non-hydrogen) atoms. The van der Waals surface area contributed by atoms with Crippen molar-refractivity contribution in [2.75, 3.05) is 0 Å². The highest BCUT2D eigenvalue weighted by Gasteiger charge is 2.26. The van der Waals surface area contributed by atoms with E-state index in [0.29, 0.717) is 10.8 Å². The number of hydrogen-bond donors (Lipinski definition) is 0. The summed E-state index contributed by atoms with van der Waals surface area (Å²) in [6.07, 6.45) is 0. The van der Waals surface area contributed by atoms with Crippen molar-refractivity contribution >= 4 is 28.5 Å². The first-order chi connectivity index (χ1) is 10.0. The van der Waals surface area contributed by atoms with Crippen molar-refractivity contribution in [1.82, 2.24) is 9.55 Å². The Balaban J connectivity index is 2.73. The second-order valence-corrected chi connectivity index (χ2v) is 7.30. The van der Waals surface area contributed by atoms with E-state index in [2.05, 4.69) is 18.8 Å². The number of hydrogen-bond acceptors (Lipinski definition) is 3. The molecule has 0 spiro atoms. The van der Waals surface area contributed by atoms with E-state index >= 15 is 0 Å². The Morgan fingerprint density at radius 2 is 1.95 bits per heavy atom. The fourth-order valence-corrected chi connectivity index (χ4v) is 2.89. The predicted octanol–water partition coefficient (Wildman–Crippen LogP) is 4.61. The van der Waals surface area contributed by atoms with Gasteiger partial charge in [0.25, 0.3) is 0 Å². The van der Waals surface area contributed by atoms with Crippen molar-refractivity contribution in [3.8, 4) is 0 Å². The highest BCUT2D eigenvalue weighted by atomic mass is 35.5. The number of ether oxygens (including phenoxy) is 1. The lowest BCUT2D eigenvalue weighted by atomic mass is 10.0. The van der Waals surface area contributed by atoms with Gasteiger partial charge in [0.1, 0.15) is 16.4 Å². The Morgan fingerprint density at radius 1 is 1.36 bits per heavy atom. The zero-order valence-electron chi connectivity index (χ0n) is 14.2. The summed E-state index contributed by atoms with van der Waals surface area (Å²) in [4.78, 5) is 17.0. The fourth-order valence-electron chi connectivity index (χ4n) is 2.69. The summed E-state index contributed by atoms with van der Waals surface area (Å²) in [5.74, 6) is -0.108. The molecule has 0 N–H and O–H groups in total. The molecule has 5 heteroatoms. The number of halogens is 1. The average molecular weight is 323 g/mol. The maximum atomic E-state index is 12.5. The van der Waals surface area contributed by atoms with Crippen LogP contribution in [-0.2, 0) is 11.8 Å². The van der Waals surface area contributed by atoms with E-state index < -0.39 is 5.60 Å². The van der Waals surface area contributed by atoms with Crippen LogP contribution in [0, 0.1) is 6.92 Å². The summed E-state index contributed by atoms with van der Waals surface area (Å²) >= 11 is 6.15. The fraction of sp³-hybridized carbons (Fsp3) is 0.529. The highest BCUT2D eigenvalue weighted by Crippen LogP contribution is 2.33. The number of esters is 1. The van der Waals surface area contributed by atoms with Crippen LogP contribution in [0.1, 0.15) is 62.3 Å². The number of rotatable bonds is 2. The van der Waals surface area contributed by atoms with Gasteiger partial charge in [-0.3, -0.25) is 0 Å². The molecule has 0 amide bonds. The number of aromatic nitrogens is 2. The Kier molecular flexibility index (Phi) is 4.26. The number of fused-ring (bicyclic) bond motifs is 1. The molecular weight excluding hydrogens is 300 g/mol. The zero-order chi connectivity index (χ0) is 16.8.